The molecule has 18 heavy (non-hydrogen) atoms. The Morgan fingerprint density at radius 3 is 2.33 bits per heavy atom. The monoisotopic (exact) mass is 261 g/mol. The van der Waals surface area contributed by atoms with Crippen LogP contribution in [0.3, 0.4) is 0 Å². The third kappa shape index (κ3) is 2.31. The van der Waals surface area contributed by atoms with Crippen LogP contribution in [0.2, 0.25) is 0 Å². The minimum Gasteiger partial charge on any atom is -0.475 e. The molecular formula is C13H11NO3S. The molecule has 2 aromatic rings. The molecule has 0 fully saturated rings. The number of nitrogens with zero attached hydrogens (tertiary/aromatic N) is 1. The summed E-state index contributed by atoms with van der Waals surface area (Å²) < 4.78 is 0. The summed E-state index contributed by atoms with van der Waals surface area (Å²) in [6, 6.07) is 7.71. The van der Waals surface area contributed by atoms with Gasteiger partial charge in [-0.05, 0) is 13.8 Å². The number of ketones is 1. The summed E-state index contributed by atoms with van der Waals surface area (Å²) in [5.74, 6) is -2.35. The van der Waals surface area contributed by atoms with Gasteiger partial charge >= 0.3 is 5.97 Å². The Morgan fingerprint density at radius 1 is 1.17 bits per heavy atom. The molecule has 0 saturated carbocycles. The number of thiazole rings is 1. The van der Waals surface area contributed by atoms with Gasteiger partial charge in [0.15, 0.2) is 0 Å². The number of Topliss-reactive ketones (excluding diaryl/α,β-unsaturated/α-hetero) is 1. The van der Waals surface area contributed by atoms with Crippen LogP contribution < -0.4 is 0 Å². The maximum atomic E-state index is 11.4. The Balaban J connectivity index is 2.43. The van der Waals surface area contributed by atoms with Crippen LogP contribution in [0.5, 0.6) is 0 Å². The molecule has 1 N–H and O–H groups in total. The minimum absolute atomic E-state index is 0.193. The van der Waals surface area contributed by atoms with Gasteiger partial charge in [0.1, 0.15) is 9.88 Å². The van der Waals surface area contributed by atoms with Crippen molar-refractivity contribution in [3.05, 3.63) is 40.4 Å². The number of benzene rings is 1. The van der Waals surface area contributed by atoms with E-state index in [1.165, 1.54) is 0 Å². The molecular weight excluding hydrogens is 250 g/mol. The zero-order valence-electron chi connectivity index (χ0n) is 9.93. The van der Waals surface area contributed by atoms with Gasteiger partial charge in [-0.2, -0.15) is 0 Å². The van der Waals surface area contributed by atoms with E-state index in [4.69, 9.17) is 5.11 Å². The highest BCUT2D eigenvalue weighted by Gasteiger charge is 2.21. The zero-order valence-corrected chi connectivity index (χ0v) is 10.7. The van der Waals surface area contributed by atoms with Gasteiger partial charge in [-0.15, -0.1) is 11.3 Å². The summed E-state index contributed by atoms with van der Waals surface area (Å²) in [5, 5.41) is 9.37. The highest BCUT2D eigenvalue weighted by Crippen LogP contribution is 2.28. The fourth-order valence-corrected chi connectivity index (χ4v) is 2.53. The number of carbonyl (C=O) groups is 2. The van der Waals surface area contributed by atoms with E-state index in [9.17, 15) is 9.59 Å². The van der Waals surface area contributed by atoms with Crippen LogP contribution in [-0.4, -0.2) is 21.8 Å². The van der Waals surface area contributed by atoms with Crippen molar-refractivity contribution < 1.29 is 14.7 Å². The second kappa shape index (κ2) is 4.70. The molecule has 4 nitrogen and oxygen atoms in total. The normalized spacial score (nSPS) is 10.3. The molecule has 0 spiro atoms. The lowest BCUT2D eigenvalue weighted by Gasteiger charge is -1.96. The predicted molar refractivity (Wildman–Crippen MR) is 69.0 cm³/mol. The molecule has 0 atom stereocenters. The number of rotatable bonds is 3. The molecule has 92 valence electrons. The molecule has 1 aromatic heterocycles. The van der Waals surface area contributed by atoms with E-state index in [1.54, 1.807) is 6.92 Å². The van der Waals surface area contributed by atoms with Gasteiger partial charge in [0, 0.05) is 5.56 Å². The Labute approximate surface area is 108 Å². The number of aryl methyl sites for hydroxylation is 2. The number of carboxylic acid groups (broad SMARTS) is 1. The van der Waals surface area contributed by atoms with E-state index in [0.29, 0.717) is 10.7 Å². The molecule has 2 rings (SSSR count). The molecule has 1 aromatic carbocycles. The van der Waals surface area contributed by atoms with Crippen LogP contribution in [0.15, 0.2) is 24.3 Å². The molecule has 0 bridgehead atoms. The van der Waals surface area contributed by atoms with E-state index in [2.05, 4.69) is 4.98 Å². The molecule has 5 heteroatoms. The van der Waals surface area contributed by atoms with Gasteiger partial charge in [0.25, 0.3) is 5.78 Å². The molecule has 0 radical (unpaired) electrons. The second-order valence-electron chi connectivity index (χ2n) is 3.93. The van der Waals surface area contributed by atoms with Crippen LogP contribution in [0.1, 0.15) is 20.9 Å². The zero-order chi connectivity index (χ0) is 13.3. The van der Waals surface area contributed by atoms with Crippen molar-refractivity contribution in [2.45, 2.75) is 13.8 Å². The lowest BCUT2D eigenvalue weighted by atomic mass is 10.2. The molecule has 0 aliphatic carbocycles. The topological polar surface area (TPSA) is 67.3 Å². The molecule has 0 aliphatic rings. The van der Waals surface area contributed by atoms with Gasteiger partial charge in [0.05, 0.1) is 5.69 Å². The highest BCUT2D eigenvalue weighted by atomic mass is 32.1. The average Bonchev–Trinajstić information content (AvgIpc) is 2.71. The number of hydrogen-bond donors (Lipinski definition) is 1. The summed E-state index contributed by atoms with van der Waals surface area (Å²) in [6.45, 7) is 3.63. The lowest BCUT2D eigenvalue weighted by molar-refractivity contribution is -0.131. The van der Waals surface area contributed by atoms with Crippen molar-refractivity contribution in [3.63, 3.8) is 0 Å². The number of carboxylic acids is 1. The van der Waals surface area contributed by atoms with Crippen LogP contribution in [0, 0.1) is 13.8 Å². The van der Waals surface area contributed by atoms with E-state index in [1.807, 2.05) is 31.2 Å². The number of carbonyl (C=O) groups excluding carboxylic acids is 1. The fourth-order valence-electron chi connectivity index (χ4n) is 1.52. The number of hydrogen-bond acceptors (Lipinski definition) is 4. The molecule has 0 aliphatic heterocycles. The van der Waals surface area contributed by atoms with Gasteiger partial charge in [-0.1, -0.05) is 29.8 Å². The van der Waals surface area contributed by atoms with E-state index in [-0.39, 0.29) is 4.88 Å². The van der Waals surface area contributed by atoms with E-state index >= 15 is 0 Å². The van der Waals surface area contributed by atoms with Crippen LogP contribution >= 0.6 is 11.3 Å². The van der Waals surface area contributed by atoms with Crippen molar-refractivity contribution in [1.29, 1.82) is 0 Å². The third-order valence-electron chi connectivity index (χ3n) is 2.50. The molecule has 0 unspecified atom stereocenters. The Bertz CT molecular complexity index is 614. The maximum absolute atomic E-state index is 11.4. The smallest absolute Gasteiger partial charge is 0.378 e. The van der Waals surface area contributed by atoms with Gasteiger partial charge in [-0.25, -0.2) is 9.78 Å². The Kier molecular flexibility index (Phi) is 3.25. The number of aliphatic carboxylic acids is 1. The first-order valence-electron chi connectivity index (χ1n) is 5.31. The van der Waals surface area contributed by atoms with Crippen LogP contribution in [-0.2, 0) is 4.79 Å². The highest BCUT2D eigenvalue weighted by molar-refractivity contribution is 7.17. The summed E-state index contributed by atoms with van der Waals surface area (Å²) in [4.78, 5) is 26.5. The van der Waals surface area contributed by atoms with Gasteiger partial charge < -0.3 is 5.11 Å². The van der Waals surface area contributed by atoms with Gasteiger partial charge in [-0.3, -0.25) is 4.79 Å². The van der Waals surface area contributed by atoms with E-state index in [0.717, 1.165) is 22.5 Å². The summed E-state index contributed by atoms with van der Waals surface area (Å²) in [6.07, 6.45) is 0. The first-order chi connectivity index (χ1) is 8.49. The summed E-state index contributed by atoms with van der Waals surface area (Å²) in [5.41, 5.74) is 2.48. The van der Waals surface area contributed by atoms with Crippen molar-refractivity contribution in [3.8, 4) is 10.6 Å². The van der Waals surface area contributed by atoms with Crippen molar-refractivity contribution in [2.24, 2.45) is 0 Å². The predicted octanol–water partition coefficient (Wildman–Crippen LogP) is 2.69. The summed E-state index contributed by atoms with van der Waals surface area (Å²) in [7, 11) is 0. The lowest BCUT2D eigenvalue weighted by Crippen LogP contribution is -2.12. The fraction of sp³-hybridized carbons (Fsp3) is 0.154. The molecule has 1 heterocycles. The quantitative estimate of drug-likeness (QED) is 0.681. The number of aromatic nitrogens is 1. The van der Waals surface area contributed by atoms with Crippen molar-refractivity contribution in [1.82, 2.24) is 4.98 Å². The third-order valence-corrected chi connectivity index (χ3v) is 3.70. The van der Waals surface area contributed by atoms with Crippen LogP contribution in [0.4, 0.5) is 0 Å². The van der Waals surface area contributed by atoms with E-state index < -0.39 is 11.8 Å². The first kappa shape index (κ1) is 12.4. The first-order valence-corrected chi connectivity index (χ1v) is 6.13. The SMILES string of the molecule is Cc1ccc(-c2nc(C)c(C(=O)C(=O)O)s2)cc1. The van der Waals surface area contributed by atoms with Crippen LogP contribution in [0.25, 0.3) is 10.6 Å². The Morgan fingerprint density at radius 2 is 1.78 bits per heavy atom. The summed E-state index contributed by atoms with van der Waals surface area (Å²) >= 11 is 1.11. The maximum Gasteiger partial charge on any atom is 0.378 e. The average molecular weight is 261 g/mol. The standard InChI is InChI=1S/C13H11NO3S/c1-7-3-5-9(6-4-7)12-14-8(2)11(18-12)10(15)13(16)17/h3-6H,1-2H3,(H,16,17). The second-order valence-corrected chi connectivity index (χ2v) is 4.93. The molecule has 0 amide bonds. The molecule has 0 saturated heterocycles. The van der Waals surface area contributed by atoms with Crippen molar-refractivity contribution >= 4 is 23.1 Å². The minimum atomic E-state index is -1.45. The largest absolute Gasteiger partial charge is 0.475 e. The Hall–Kier alpha value is -2.01. The van der Waals surface area contributed by atoms with Gasteiger partial charge in [0.2, 0.25) is 0 Å². The van der Waals surface area contributed by atoms with Crippen molar-refractivity contribution in [2.75, 3.05) is 0 Å².